The molecule has 0 fully saturated rings. The lowest BCUT2D eigenvalue weighted by molar-refractivity contribution is 0.104. The predicted octanol–water partition coefficient (Wildman–Crippen LogP) is 3.59. The van der Waals surface area contributed by atoms with Gasteiger partial charge in [-0.1, -0.05) is 35.9 Å². The van der Waals surface area contributed by atoms with Gasteiger partial charge in [-0.2, -0.15) is 0 Å². The Morgan fingerprint density at radius 1 is 1.06 bits per heavy atom. The van der Waals surface area contributed by atoms with Gasteiger partial charge in [0.15, 0.2) is 5.78 Å². The Balaban J connectivity index is 2.11. The van der Waals surface area contributed by atoms with Gasteiger partial charge in [0.2, 0.25) is 0 Å². The molecule has 1 heterocycles. The molecule has 18 heavy (non-hydrogen) atoms. The van der Waals surface area contributed by atoms with E-state index in [1.54, 1.807) is 18.3 Å². The van der Waals surface area contributed by atoms with Crippen molar-refractivity contribution < 1.29 is 4.79 Å². The highest BCUT2D eigenvalue weighted by Crippen LogP contribution is 2.07. The first-order valence-corrected chi connectivity index (χ1v) is 5.87. The van der Waals surface area contributed by atoms with Crippen LogP contribution in [0.2, 0.25) is 0 Å². The molecule has 0 bridgehead atoms. The van der Waals surface area contributed by atoms with Crippen LogP contribution in [-0.2, 0) is 0 Å². The lowest BCUT2D eigenvalue weighted by atomic mass is 10.1. The molecular weight excluding hydrogens is 222 g/mol. The zero-order valence-electron chi connectivity index (χ0n) is 10.6. The average Bonchev–Trinajstić information content (AvgIpc) is 2.38. The Morgan fingerprint density at radius 3 is 2.39 bits per heavy atom. The standard InChI is InChI=1S/C16H15NO/c1-12-3-6-14(7-4-12)8-10-16(18)15-9-5-13(2)17-11-15/h3-11H,1-2H3/b10-8+. The quantitative estimate of drug-likeness (QED) is 0.603. The molecule has 0 amide bonds. The Bertz CT molecular complexity index is 565. The zero-order valence-corrected chi connectivity index (χ0v) is 10.6. The summed E-state index contributed by atoms with van der Waals surface area (Å²) in [6.07, 6.45) is 5.01. The van der Waals surface area contributed by atoms with Crippen LogP contribution >= 0.6 is 0 Å². The molecule has 0 saturated heterocycles. The van der Waals surface area contributed by atoms with E-state index in [9.17, 15) is 4.79 Å². The summed E-state index contributed by atoms with van der Waals surface area (Å²) in [5.41, 5.74) is 3.76. The molecule has 0 aliphatic rings. The van der Waals surface area contributed by atoms with Crippen LogP contribution in [0.25, 0.3) is 6.08 Å². The van der Waals surface area contributed by atoms with Crippen LogP contribution in [0.5, 0.6) is 0 Å². The molecule has 2 heteroatoms. The summed E-state index contributed by atoms with van der Waals surface area (Å²) in [7, 11) is 0. The molecule has 0 radical (unpaired) electrons. The third-order valence-electron chi connectivity index (χ3n) is 2.70. The SMILES string of the molecule is Cc1ccc(/C=C/C(=O)c2ccc(C)nc2)cc1. The Labute approximate surface area is 107 Å². The highest BCUT2D eigenvalue weighted by atomic mass is 16.1. The van der Waals surface area contributed by atoms with Crippen LogP contribution in [-0.4, -0.2) is 10.8 Å². The van der Waals surface area contributed by atoms with E-state index in [0.717, 1.165) is 11.3 Å². The van der Waals surface area contributed by atoms with Crippen molar-refractivity contribution in [3.63, 3.8) is 0 Å². The summed E-state index contributed by atoms with van der Waals surface area (Å²) < 4.78 is 0. The number of aryl methyl sites for hydroxylation is 2. The van der Waals surface area contributed by atoms with Crippen LogP contribution in [0.4, 0.5) is 0 Å². The van der Waals surface area contributed by atoms with Gasteiger partial charge >= 0.3 is 0 Å². The van der Waals surface area contributed by atoms with Crippen molar-refractivity contribution in [2.45, 2.75) is 13.8 Å². The molecule has 2 rings (SSSR count). The van der Waals surface area contributed by atoms with Crippen molar-refractivity contribution >= 4 is 11.9 Å². The van der Waals surface area contributed by atoms with Crippen molar-refractivity contribution in [3.8, 4) is 0 Å². The van der Waals surface area contributed by atoms with Crippen molar-refractivity contribution in [2.75, 3.05) is 0 Å². The van der Waals surface area contributed by atoms with E-state index >= 15 is 0 Å². The molecule has 1 aromatic carbocycles. The zero-order chi connectivity index (χ0) is 13.0. The van der Waals surface area contributed by atoms with Gasteiger partial charge in [-0.3, -0.25) is 9.78 Å². The van der Waals surface area contributed by atoms with Crippen LogP contribution in [0.15, 0.2) is 48.7 Å². The topological polar surface area (TPSA) is 30.0 Å². The number of nitrogens with zero attached hydrogens (tertiary/aromatic N) is 1. The number of hydrogen-bond acceptors (Lipinski definition) is 2. The maximum Gasteiger partial charge on any atom is 0.187 e. The van der Waals surface area contributed by atoms with Crippen molar-refractivity contribution in [1.82, 2.24) is 4.98 Å². The molecular formula is C16H15NO. The van der Waals surface area contributed by atoms with Gasteiger partial charge in [0, 0.05) is 17.5 Å². The monoisotopic (exact) mass is 237 g/mol. The van der Waals surface area contributed by atoms with Crippen molar-refractivity contribution in [3.05, 3.63) is 71.1 Å². The smallest absolute Gasteiger partial charge is 0.187 e. The van der Waals surface area contributed by atoms with Crippen LogP contribution < -0.4 is 0 Å². The van der Waals surface area contributed by atoms with Crippen molar-refractivity contribution in [2.24, 2.45) is 0 Å². The molecule has 0 aliphatic heterocycles. The summed E-state index contributed by atoms with van der Waals surface area (Å²) in [6.45, 7) is 3.94. The second kappa shape index (κ2) is 5.41. The Morgan fingerprint density at radius 2 is 1.78 bits per heavy atom. The fourth-order valence-corrected chi connectivity index (χ4v) is 1.56. The summed E-state index contributed by atoms with van der Waals surface area (Å²) in [5, 5.41) is 0. The lowest BCUT2D eigenvalue weighted by Gasteiger charge is -1.97. The predicted molar refractivity (Wildman–Crippen MR) is 73.5 cm³/mol. The third-order valence-corrected chi connectivity index (χ3v) is 2.70. The first-order valence-electron chi connectivity index (χ1n) is 5.87. The summed E-state index contributed by atoms with van der Waals surface area (Å²) in [5.74, 6) is -0.0249. The molecule has 0 unspecified atom stereocenters. The number of pyridine rings is 1. The summed E-state index contributed by atoms with van der Waals surface area (Å²) in [4.78, 5) is 16.0. The fourth-order valence-electron chi connectivity index (χ4n) is 1.56. The first-order chi connectivity index (χ1) is 8.65. The molecule has 0 aliphatic carbocycles. The summed E-state index contributed by atoms with van der Waals surface area (Å²) >= 11 is 0. The van der Waals surface area contributed by atoms with Crippen LogP contribution in [0.3, 0.4) is 0 Å². The molecule has 1 aromatic heterocycles. The van der Waals surface area contributed by atoms with Gasteiger partial charge in [0.1, 0.15) is 0 Å². The minimum Gasteiger partial charge on any atom is -0.289 e. The molecule has 0 saturated carbocycles. The average molecular weight is 237 g/mol. The van der Waals surface area contributed by atoms with Gasteiger partial charge in [0.25, 0.3) is 0 Å². The largest absolute Gasteiger partial charge is 0.289 e. The van der Waals surface area contributed by atoms with E-state index in [1.807, 2.05) is 50.3 Å². The fraction of sp³-hybridized carbons (Fsp3) is 0.125. The van der Waals surface area contributed by atoms with Gasteiger partial charge in [-0.05, 0) is 37.6 Å². The number of ketones is 1. The summed E-state index contributed by atoms with van der Waals surface area (Å²) in [6, 6.07) is 11.7. The molecule has 0 atom stereocenters. The third kappa shape index (κ3) is 3.14. The molecule has 2 aromatic rings. The molecule has 2 nitrogen and oxygen atoms in total. The first kappa shape index (κ1) is 12.2. The normalized spacial score (nSPS) is 10.8. The van der Waals surface area contributed by atoms with Crippen molar-refractivity contribution in [1.29, 1.82) is 0 Å². The van der Waals surface area contributed by atoms with Gasteiger partial charge in [0.05, 0.1) is 0 Å². The Kier molecular flexibility index (Phi) is 3.68. The highest BCUT2D eigenvalue weighted by Gasteiger charge is 2.01. The molecule has 90 valence electrons. The number of benzene rings is 1. The van der Waals surface area contributed by atoms with E-state index in [2.05, 4.69) is 4.98 Å². The minimum atomic E-state index is -0.0249. The second-order valence-corrected chi connectivity index (χ2v) is 4.30. The number of aromatic nitrogens is 1. The number of rotatable bonds is 3. The number of carbonyl (C=O) groups excluding carboxylic acids is 1. The van der Waals surface area contributed by atoms with E-state index in [-0.39, 0.29) is 5.78 Å². The van der Waals surface area contributed by atoms with E-state index in [4.69, 9.17) is 0 Å². The lowest BCUT2D eigenvalue weighted by Crippen LogP contribution is -1.95. The van der Waals surface area contributed by atoms with Gasteiger partial charge in [-0.25, -0.2) is 0 Å². The molecule has 0 spiro atoms. The van der Waals surface area contributed by atoms with E-state index in [0.29, 0.717) is 5.56 Å². The molecule has 0 N–H and O–H groups in total. The number of hydrogen-bond donors (Lipinski definition) is 0. The van der Waals surface area contributed by atoms with Gasteiger partial charge in [-0.15, -0.1) is 0 Å². The van der Waals surface area contributed by atoms with Gasteiger partial charge < -0.3 is 0 Å². The number of allylic oxidation sites excluding steroid dienone is 1. The highest BCUT2D eigenvalue weighted by molar-refractivity contribution is 6.06. The Hall–Kier alpha value is -2.22. The van der Waals surface area contributed by atoms with Crippen LogP contribution in [0, 0.1) is 13.8 Å². The van der Waals surface area contributed by atoms with Crippen LogP contribution in [0.1, 0.15) is 27.2 Å². The maximum atomic E-state index is 11.9. The minimum absolute atomic E-state index is 0.0249. The van der Waals surface area contributed by atoms with E-state index in [1.165, 1.54) is 5.56 Å². The second-order valence-electron chi connectivity index (χ2n) is 4.30. The van der Waals surface area contributed by atoms with E-state index < -0.39 is 0 Å². The number of carbonyl (C=O) groups is 1. The maximum absolute atomic E-state index is 11.9.